The van der Waals surface area contributed by atoms with Gasteiger partial charge in [0.15, 0.2) is 0 Å². The molecule has 7 nitrogen and oxygen atoms in total. The molecule has 1 aliphatic heterocycles. The van der Waals surface area contributed by atoms with E-state index in [1.807, 2.05) is 29.6 Å². The van der Waals surface area contributed by atoms with Gasteiger partial charge >= 0.3 is 6.03 Å². The summed E-state index contributed by atoms with van der Waals surface area (Å²) in [7, 11) is 1.89. The molecule has 0 unspecified atom stereocenters. The maximum absolute atomic E-state index is 13.0. The molecule has 152 valence electrons. The largest absolute Gasteiger partial charge is 0.336 e. The van der Waals surface area contributed by atoms with Crippen LogP contribution in [0.3, 0.4) is 0 Å². The van der Waals surface area contributed by atoms with Crippen LogP contribution in [0.5, 0.6) is 0 Å². The first-order chi connectivity index (χ1) is 13.9. The molecule has 2 aromatic heterocycles. The van der Waals surface area contributed by atoms with Crippen LogP contribution in [0.1, 0.15) is 21.8 Å². The smallest absolute Gasteiger partial charge is 0.321 e. The quantitative estimate of drug-likeness (QED) is 0.667. The maximum Gasteiger partial charge on any atom is 0.321 e. The Morgan fingerprint density at radius 3 is 2.66 bits per heavy atom. The van der Waals surface area contributed by atoms with Crippen molar-refractivity contribution in [2.24, 2.45) is 7.05 Å². The predicted molar refractivity (Wildman–Crippen MR) is 116 cm³/mol. The lowest BCUT2D eigenvalue weighted by Gasteiger charge is -2.22. The van der Waals surface area contributed by atoms with Gasteiger partial charge in [-0.05, 0) is 37.6 Å². The summed E-state index contributed by atoms with van der Waals surface area (Å²) >= 11 is 7.45. The van der Waals surface area contributed by atoms with Crippen molar-refractivity contribution < 1.29 is 9.59 Å². The molecule has 4 rings (SSSR count). The highest BCUT2D eigenvalue weighted by Crippen LogP contribution is 2.28. The van der Waals surface area contributed by atoms with Crippen LogP contribution in [0.2, 0.25) is 5.02 Å². The summed E-state index contributed by atoms with van der Waals surface area (Å²) in [6, 6.07) is 8.83. The fourth-order valence-electron chi connectivity index (χ4n) is 3.56. The van der Waals surface area contributed by atoms with Crippen molar-refractivity contribution in [2.75, 3.05) is 31.5 Å². The summed E-state index contributed by atoms with van der Waals surface area (Å²) in [4.78, 5) is 30.9. The van der Waals surface area contributed by atoms with E-state index in [4.69, 9.17) is 11.6 Å². The van der Waals surface area contributed by atoms with Gasteiger partial charge in [-0.1, -0.05) is 17.7 Å². The van der Waals surface area contributed by atoms with Gasteiger partial charge in [-0.25, -0.2) is 4.79 Å². The number of hydrogen-bond acceptors (Lipinski definition) is 4. The molecular weight excluding hydrogens is 410 g/mol. The Morgan fingerprint density at radius 2 is 1.90 bits per heavy atom. The molecule has 3 aromatic rings. The Hall–Kier alpha value is -2.58. The van der Waals surface area contributed by atoms with Gasteiger partial charge in [-0.2, -0.15) is 5.10 Å². The second-order valence-corrected chi connectivity index (χ2v) is 8.58. The first-order valence-electron chi connectivity index (χ1n) is 9.46. The maximum atomic E-state index is 13.0. The third-order valence-corrected chi connectivity index (χ3v) is 6.48. The number of nitrogens with zero attached hydrogens (tertiary/aromatic N) is 4. The minimum absolute atomic E-state index is 0.0164. The number of hydrogen-bond donors (Lipinski definition) is 1. The standard InChI is InChI=1S/C20H22ClN5O2S/c1-13-16-12-17(29-19(16)24(2)23-13)18(27)25-7-4-8-26(10-9-25)20(28)22-15-6-3-5-14(21)11-15/h3,5-6,11-12H,4,7-10H2,1-2H3,(H,22,28). The number of carbonyl (C=O) groups excluding carboxylic acids is 2. The van der Waals surface area contributed by atoms with Crippen molar-refractivity contribution in [2.45, 2.75) is 13.3 Å². The molecule has 3 amide bonds. The number of aromatic nitrogens is 2. The van der Waals surface area contributed by atoms with Crippen molar-refractivity contribution in [1.29, 1.82) is 0 Å². The van der Waals surface area contributed by atoms with E-state index in [0.717, 1.165) is 22.3 Å². The van der Waals surface area contributed by atoms with E-state index < -0.39 is 0 Å². The molecular formula is C20H22ClN5O2S. The average molecular weight is 432 g/mol. The lowest BCUT2D eigenvalue weighted by Crippen LogP contribution is -2.39. The van der Waals surface area contributed by atoms with Crippen molar-refractivity contribution in [1.82, 2.24) is 19.6 Å². The number of nitrogens with one attached hydrogen (secondary N) is 1. The average Bonchev–Trinajstić information content (AvgIpc) is 3.12. The molecule has 1 N–H and O–H groups in total. The molecule has 9 heteroatoms. The Balaban J connectivity index is 1.41. The van der Waals surface area contributed by atoms with E-state index in [9.17, 15) is 9.59 Å². The van der Waals surface area contributed by atoms with Crippen LogP contribution < -0.4 is 5.32 Å². The Morgan fingerprint density at radius 1 is 1.14 bits per heavy atom. The zero-order valence-corrected chi connectivity index (χ0v) is 17.9. The van der Waals surface area contributed by atoms with E-state index in [1.54, 1.807) is 29.2 Å². The molecule has 29 heavy (non-hydrogen) atoms. The van der Waals surface area contributed by atoms with Crippen LogP contribution in [0.4, 0.5) is 10.5 Å². The second-order valence-electron chi connectivity index (χ2n) is 7.11. The van der Waals surface area contributed by atoms with Crippen molar-refractivity contribution in [3.63, 3.8) is 0 Å². The van der Waals surface area contributed by atoms with E-state index in [1.165, 1.54) is 11.3 Å². The fraction of sp³-hybridized carbons (Fsp3) is 0.350. The van der Waals surface area contributed by atoms with E-state index in [-0.39, 0.29) is 11.9 Å². The number of carbonyl (C=O) groups is 2. The summed E-state index contributed by atoms with van der Waals surface area (Å²) in [5, 5.41) is 8.86. The molecule has 0 atom stereocenters. The third-order valence-electron chi connectivity index (χ3n) is 5.05. The van der Waals surface area contributed by atoms with E-state index in [2.05, 4.69) is 10.4 Å². The van der Waals surface area contributed by atoms with Gasteiger partial charge < -0.3 is 15.1 Å². The van der Waals surface area contributed by atoms with Crippen molar-refractivity contribution in [3.05, 3.63) is 45.9 Å². The number of thiophene rings is 1. The molecule has 0 radical (unpaired) electrons. The van der Waals surface area contributed by atoms with Gasteiger partial charge in [-0.15, -0.1) is 11.3 Å². The second kappa shape index (κ2) is 8.04. The first kappa shape index (κ1) is 19.7. The summed E-state index contributed by atoms with van der Waals surface area (Å²) in [6.07, 6.45) is 0.736. The summed E-state index contributed by atoms with van der Waals surface area (Å²) < 4.78 is 1.82. The van der Waals surface area contributed by atoms with Crippen LogP contribution in [0.15, 0.2) is 30.3 Å². The number of anilines is 1. The molecule has 0 spiro atoms. The van der Waals surface area contributed by atoms with Crippen molar-refractivity contribution in [3.8, 4) is 0 Å². The molecule has 3 heterocycles. The Bertz CT molecular complexity index is 1040. The van der Waals surface area contributed by atoms with Crippen LogP contribution in [-0.4, -0.2) is 57.7 Å². The predicted octanol–water partition coefficient (Wildman–Crippen LogP) is 3.98. The first-order valence-corrected chi connectivity index (χ1v) is 10.7. The molecule has 1 fully saturated rings. The number of urea groups is 1. The zero-order chi connectivity index (χ0) is 20.5. The van der Waals surface area contributed by atoms with Crippen molar-refractivity contribution >= 4 is 50.8 Å². The van der Waals surface area contributed by atoms with Gasteiger partial charge in [0.05, 0.1) is 10.6 Å². The fourth-order valence-corrected chi connectivity index (χ4v) is 4.84. The Kier molecular flexibility index (Phi) is 5.47. The van der Waals surface area contributed by atoms with Gasteiger partial charge in [0.2, 0.25) is 0 Å². The molecule has 0 saturated carbocycles. The number of benzene rings is 1. The number of aryl methyl sites for hydroxylation is 2. The van der Waals surface area contributed by atoms with Crippen LogP contribution in [0.25, 0.3) is 10.2 Å². The number of fused-ring (bicyclic) bond motifs is 1. The molecule has 1 aliphatic rings. The lowest BCUT2D eigenvalue weighted by molar-refractivity contribution is 0.0767. The molecule has 1 aromatic carbocycles. The van der Waals surface area contributed by atoms with Crippen LogP contribution >= 0.6 is 22.9 Å². The van der Waals surface area contributed by atoms with Crippen LogP contribution in [-0.2, 0) is 7.05 Å². The SMILES string of the molecule is Cc1nn(C)c2sc(C(=O)N3CCCN(C(=O)Nc4cccc(Cl)c4)CC3)cc12. The number of amides is 3. The number of halogens is 1. The highest BCUT2D eigenvalue weighted by Gasteiger charge is 2.25. The topological polar surface area (TPSA) is 70.5 Å². The van der Waals surface area contributed by atoms with Gasteiger partial charge in [0.25, 0.3) is 5.91 Å². The minimum Gasteiger partial charge on any atom is -0.336 e. The van der Waals surface area contributed by atoms with Gasteiger partial charge in [0.1, 0.15) is 4.83 Å². The normalized spacial score (nSPS) is 14.9. The zero-order valence-electron chi connectivity index (χ0n) is 16.3. The molecule has 0 aliphatic carbocycles. The highest BCUT2D eigenvalue weighted by atomic mass is 35.5. The van der Waals surface area contributed by atoms with Crippen LogP contribution in [0, 0.1) is 6.92 Å². The van der Waals surface area contributed by atoms with Gasteiger partial charge in [-0.3, -0.25) is 9.48 Å². The summed E-state index contributed by atoms with van der Waals surface area (Å²) in [5.41, 5.74) is 1.59. The highest BCUT2D eigenvalue weighted by molar-refractivity contribution is 7.20. The molecule has 1 saturated heterocycles. The monoisotopic (exact) mass is 431 g/mol. The summed E-state index contributed by atoms with van der Waals surface area (Å²) in [6.45, 7) is 4.18. The van der Waals surface area contributed by atoms with E-state index in [0.29, 0.717) is 41.8 Å². The lowest BCUT2D eigenvalue weighted by atomic mass is 10.3. The van der Waals surface area contributed by atoms with E-state index >= 15 is 0 Å². The van der Waals surface area contributed by atoms with Gasteiger partial charge in [0, 0.05) is 49.3 Å². The minimum atomic E-state index is -0.176. The Labute approximate surface area is 177 Å². The summed E-state index contributed by atoms with van der Waals surface area (Å²) in [5.74, 6) is 0.0164. The third kappa shape index (κ3) is 4.09. The molecule has 0 bridgehead atoms. The number of rotatable bonds is 2.